The summed E-state index contributed by atoms with van der Waals surface area (Å²) in [6, 6.07) is 66.0. The molecule has 5 aromatic heterocycles. The van der Waals surface area contributed by atoms with Gasteiger partial charge in [0.25, 0.3) is 5.91 Å². The van der Waals surface area contributed by atoms with Crippen LogP contribution < -0.4 is 19.6 Å². The van der Waals surface area contributed by atoms with E-state index >= 15 is 0 Å². The summed E-state index contributed by atoms with van der Waals surface area (Å²) in [4.78, 5) is 49.8. The topological polar surface area (TPSA) is 332 Å². The lowest BCUT2D eigenvalue weighted by Crippen LogP contribution is -2.48. The lowest BCUT2D eigenvalue weighted by molar-refractivity contribution is -0.287. The van der Waals surface area contributed by atoms with Gasteiger partial charge in [-0.3, -0.25) is 28.7 Å². The fourth-order valence-corrected chi connectivity index (χ4v) is 14.7. The van der Waals surface area contributed by atoms with Crippen LogP contribution in [0.3, 0.4) is 0 Å². The van der Waals surface area contributed by atoms with Gasteiger partial charge >= 0.3 is 6.09 Å². The minimum atomic E-state index is -0.813. The number of Topliss-reactive ketones (excluding diaryl/α,β-unsaturated/α-hetero) is 1. The number of aliphatic hydroxyl groups excluding tert-OH is 4. The molecule has 1 atom stereocenters. The highest BCUT2D eigenvalue weighted by atomic mass is 35.5. The zero-order valence-electron chi connectivity index (χ0n) is 68.5. The van der Waals surface area contributed by atoms with E-state index in [0.717, 1.165) is 104 Å². The van der Waals surface area contributed by atoms with Gasteiger partial charge in [0, 0.05) is 94.8 Å². The molecule has 0 radical (unpaired) electrons. The normalized spacial score (nSPS) is 19.6. The maximum Gasteiger partial charge on any atom is 0.417 e. The van der Waals surface area contributed by atoms with Crippen LogP contribution in [-0.4, -0.2) is 221 Å². The molecule has 5 N–H and O–H groups in total. The predicted molar refractivity (Wildman–Crippen MR) is 455 cm³/mol. The summed E-state index contributed by atoms with van der Waals surface area (Å²) in [5.74, 6) is 1.77. The Hall–Kier alpha value is -11.6. The molecule has 6 aromatic carbocycles. The standard InChI is InChI=1S/C24H27N3O3.C19H15ClFN3O3.C14H17N3O.C14H15N3O.C10H15N3O3.C10H14O3/c1-3-7-20(8-4-1)15-27-13-11-23(25-27)26-14-12-24(19-26)29-17-22(18-30-24)28-16-21-9-5-2-6-10-21;1-19(2,3)27-18(26)24-9-14-16(17(24)25)11(20)7-13(23-14)15-10(8-22)5-4-6-12(15)21;2*18-13-6-8-16(11-13)14-7-9-17(15-14)10-12-4-2-1-3-5-12;14-8-5-15-10(16-6-8)2-4-13(7-10)9-1-3-11-12-9;11-6-10(7-12)13-8-9-4-2-1-3-5-9/h1-11,13,22H,12,14-19H2;4-7H,9H2,1-3H3;1-5,7,9,13,18H,6,8,10-11H2;1-5,7,9H,6,8,10-11H2;1,3,8,14H,2,4-7H2,(H,11,12);1-5,10-12H,6-8H2. The number of carbonyl (C=O) groups is 3. The highest BCUT2D eigenvalue weighted by Gasteiger charge is 2.46. The molecule has 0 saturated carbocycles. The molecule has 0 bridgehead atoms. The van der Waals surface area contributed by atoms with Crippen LogP contribution in [0.25, 0.3) is 11.3 Å². The van der Waals surface area contributed by atoms with Crippen LogP contribution in [0.2, 0.25) is 5.02 Å². The average molecular weight is 1690 g/mol. The van der Waals surface area contributed by atoms with E-state index in [1.54, 1.807) is 27.0 Å². The molecule has 122 heavy (non-hydrogen) atoms. The number of pyridine rings is 1. The minimum Gasteiger partial charge on any atom is -0.443 e. The molecular formula is C91H103ClFN15O14. The average Bonchev–Trinajstić information content (AvgIpc) is 1.60. The zero-order chi connectivity index (χ0) is 85.4. The maximum atomic E-state index is 14.3. The van der Waals surface area contributed by atoms with E-state index < -0.39 is 47.2 Å². The Labute approximate surface area is 712 Å². The number of imide groups is 1. The Morgan fingerprint density at radius 3 is 1.61 bits per heavy atom. The van der Waals surface area contributed by atoms with Crippen LogP contribution in [0, 0.1) is 17.1 Å². The van der Waals surface area contributed by atoms with Crippen LogP contribution in [-0.2, 0) is 77.3 Å². The Kier molecular flexibility index (Phi) is 30.6. The van der Waals surface area contributed by atoms with Crippen molar-refractivity contribution in [1.29, 1.82) is 5.26 Å². The van der Waals surface area contributed by atoms with Gasteiger partial charge in [0.15, 0.2) is 34.8 Å². The molecule has 31 heteroatoms. The Morgan fingerprint density at radius 1 is 0.607 bits per heavy atom. The molecule has 2 spiro atoms. The molecule has 29 nitrogen and oxygen atoms in total. The third-order valence-corrected chi connectivity index (χ3v) is 21.1. The van der Waals surface area contributed by atoms with E-state index in [-0.39, 0.29) is 65.1 Å². The van der Waals surface area contributed by atoms with Crippen LogP contribution in [0.1, 0.15) is 95.9 Å². The number of aromatic nitrogens is 9. The molecule has 6 saturated heterocycles. The number of β-amino-alcohol motifs (C(OH)–C–C–N with tert-alkyl or cyclic N) is 1. The third-order valence-electron chi connectivity index (χ3n) is 20.8. The van der Waals surface area contributed by atoms with Gasteiger partial charge in [-0.25, -0.2) is 19.1 Å². The molecule has 12 heterocycles. The van der Waals surface area contributed by atoms with Crippen LogP contribution in [0.15, 0.2) is 225 Å². The number of rotatable bonds is 19. The second-order valence-corrected chi connectivity index (χ2v) is 31.7. The molecule has 18 rings (SSSR count). The van der Waals surface area contributed by atoms with E-state index in [1.807, 2.05) is 153 Å². The summed E-state index contributed by atoms with van der Waals surface area (Å²) >= 11 is 6.23. The number of hydrogen-bond acceptors (Lipinski definition) is 24. The number of H-pyrrole nitrogens is 1. The van der Waals surface area contributed by atoms with E-state index in [9.17, 15) is 34.2 Å². The number of fused-ring (bicyclic) bond motifs is 1. The zero-order valence-corrected chi connectivity index (χ0v) is 69.3. The summed E-state index contributed by atoms with van der Waals surface area (Å²) < 4.78 is 60.1. The largest absolute Gasteiger partial charge is 0.443 e. The third kappa shape index (κ3) is 24.6. The second-order valence-electron chi connectivity index (χ2n) is 31.3. The summed E-state index contributed by atoms with van der Waals surface area (Å²) in [6.07, 6.45) is 8.84. The van der Waals surface area contributed by atoms with E-state index in [0.29, 0.717) is 78.0 Å². The molecule has 11 aromatic rings. The summed E-state index contributed by atoms with van der Waals surface area (Å²) in [6.45, 7) is 15.8. The van der Waals surface area contributed by atoms with E-state index in [4.69, 9.17) is 60.1 Å². The number of carbonyl (C=O) groups excluding carboxylic acids is 3. The van der Waals surface area contributed by atoms with E-state index in [2.05, 4.69) is 107 Å². The van der Waals surface area contributed by atoms with Gasteiger partial charge < -0.3 is 73.2 Å². The number of nitrogens with one attached hydrogen (secondary N) is 1. The van der Waals surface area contributed by atoms with Crippen LogP contribution in [0.5, 0.6) is 0 Å². The number of hydrogen-bond donors (Lipinski definition) is 5. The summed E-state index contributed by atoms with van der Waals surface area (Å²) in [5, 5.41) is 66.2. The van der Waals surface area contributed by atoms with Gasteiger partial charge in [-0.05, 0) is 73.2 Å². The number of amides is 2. The first-order chi connectivity index (χ1) is 59.2. The first-order valence-corrected chi connectivity index (χ1v) is 41.2. The first kappa shape index (κ1) is 88.2. The predicted octanol–water partition coefficient (Wildman–Crippen LogP) is 11.3. The number of benzene rings is 6. The number of nitriles is 1. The van der Waals surface area contributed by atoms with Gasteiger partial charge in [-0.2, -0.15) is 25.7 Å². The van der Waals surface area contributed by atoms with Crippen molar-refractivity contribution >= 4 is 52.7 Å². The first-order valence-electron chi connectivity index (χ1n) is 40.8. The molecule has 7 aliphatic rings. The van der Waals surface area contributed by atoms with Crippen molar-refractivity contribution in [2.75, 3.05) is 112 Å². The van der Waals surface area contributed by atoms with Crippen molar-refractivity contribution in [3.63, 3.8) is 0 Å². The number of ether oxygens (including phenoxy) is 7. The van der Waals surface area contributed by atoms with Gasteiger partial charge in [0.2, 0.25) is 0 Å². The summed E-state index contributed by atoms with van der Waals surface area (Å²) in [5.41, 5.74) is 5.63. The number of ketones is 1. The molecule has 6 fully saturated rings. The lowest BCUT2D eigenvalue weighted by Gasteiger charge is -2.37. The molecule has 1 unspecified atom stereocenters. The molecule has 2 amide bonds. The van der Waals surface area contributed by atoms with Crippen molar-refractivity contribution in [2.45, 2.75) is 127 Å². The van der Waals surface area contributed by atoms with Crippen LogP contribution >= 0.6 is 11.6 Å². The Bertz CT molecular complexity index is 5160. The highest BCUT2D eigenvalue weighted by molar-refractivity contribution is 6.35. The van der Waals surface area contributed by atoms with Gasteiger partial charge in [0.1, 0.15) is 35.5 Å². The van der Waals surface area contributed by atoms with Gasteiger partial charge in [-0.1, -0.05) is 169 Å². The van der Waals surface area contributed by atoms with Gasteiger partial charge in [0.05, 0.1) is 150 Å². The number of nitrogens with zero attached hydrogens (tertiary/aromatic N) is 14. The van der Waals surface area contributed by atoms with Crippen LogP contribution in [0.4, 0.5) is 32.5 Å². The fourth-order valence-electron chi connectivity index (χ4n) is 14.4. The smallest absolute Gasteiger partial charge is 0.417 e. The second kappa shape index (κ2) is 42.3. The summed E-state index contributed by atoms with van der Waals surface area (Å²) in [7, 11) is 0. The SMILES string of the molecule is CC(C)(C)OC(=O)N1Cc2nc(-c3c(F)cccc3C#N)cc(Cl)c2C1=O.O=C1CCN(c2ccn(Cc3ccccc3)n2)C1.OC1CCN(c2ccn(Cc3ccccc3)n2)C1.OC1COC2(CCN(c3ccn[nH]3)C2)OC1.OCC(CO)OCc1ccccc1.c1ccc(COC2COC3(CCN(c4ccn(Cc5ccccc5)n4)C3)OC2)cc1. The molecule has 640 valence electrons. The van der Waals surface area contributed by atoms with Crippen molar-refractivity contribution in [1.82, 2.24) is 49.4 Å². The van der Waals surface area contributed by atoms with Gasteiger partial charge in [-0.15, -0.1) is 0 Å². The minimum absolute atomic E-state index is 0.00660. The van der Waals surface area contributed by atoms with Crippen molar-refractivity contribution < 1.29 is 72.4 Å². The number of anilines is 4. The number of aliphatic hydroxyl groups is 4. The van der Waals surface area contributed by atoms with Crippen molar-refractivity contribution in [2.24, 2.45) is 0 Å². The van der Waals surface area contributed by atoms with Crippen molar-refractivity contribution in [3.05, 3.63) is 280 Å². The Balaban J connectivity index is 0.000000129. The lowest BCUT2D eigenvalue weighted by atomic mass is 10.0. The fraction of sp³-hybridized carbons (Fsp3) is 0.374. The highest BCUT2D eigenvalue weighted by Crippen LogP contribution is 2.37. The number of halogens is 2. The maximum absolute atomic E-state index is 14.3. The molecule has 0 aliphatic carbocycles. The van der Waals surface area contributed by atoms with E-state index in [1.165, 1.54) is 41.0 Å². The Morgan fingerprint density at radius 2 is 1.11 bits per heavy atom. The quantitative estimate of drug-likeness (QED) is 0.0502. The van der Waals surface area contributed by atoms with Crippen molar-refractivity contribution in [3.8, 4) is 17.3 Å². The molecular weight excluding hydrogens is 1580 g/mol. The monoisotopic (exact) mass is 1680 g/mol. The number of aromatic amines is 1. The molecule has 7 aliphatic heterocycles.